The van der Waals surface area contributed by atoms with Crippen LogP contribution < -0.4 is 4.90 Å². The average molecular weight is 420 g/mol. The van der Waals surface area contributed by atoms with E-state index in [2.05, 4.69) is 91.0 Å². The SMILES string of the molecule is Cc1ccccc1N1CCN(C2=NC(=O)/C(=C/c3ccc(C(C)(C)C)cc3)S2)CC1. The lowest BCUT2D eigenvalue weighted by Gasteiger charge is -2.37. The first-order valence-electron chi connectivity index (χ1n) is 10.5. The summed E-state index contributed by atoms with van der Waals surface area (Å²) in [6.07, 6.45) is 1.96. The van der Waals surface area contributed by atoms with Gasteiger partial charge in [0.2, 0.25) is 0 Å². The van der Waals surface area contributed by atoms with Crippen LogP contribution in [0.4, 0.5) is 5.69 Å². The van der Waals surface area contributed by atoms with Gasteiger partial charge < -0.3 is 9.80 Å². The lowest BCUT2D eigenvalue weighted by molar-refractivity contribution is -0.113. The molecule has 0 spiro atoms. The Bertz CT molecular complexity index is 994. The summed E-state index contributed by atoms with van der Waals surface area (Å²) in [5.74, 6) is -0.128. The number of thioether (sulfide) groups is 1. The van der Waals surface area contributed by atoms with E-state index in [-0.39, 0.29) is 11.3 Å². The Morgan fingerprint density at radius 2 is 1.57 bits per heavy atom. The maximum atomic E-state index is 12.5. The van der Waals surface area contributed by atoms with E-state index in [4.69, 9.17) is 0 Å². The van der Waals surface area contributed by atoms with Crippen molar-refractivity contribution >= 4 is 34.6 Å². The van der Waals surface area contributed by atoms with Crippen LogP contribution in [0.25, 0.3) is 6.08 Å². The van der Waals surface area contributed by atoms with E-state index in [0.717, 1.165) is 36.9 Å². The summed E-state index contributed by atoms with van der Waals surface area (Å²) in [5.41, 5.74) is 5.06. The molecule has 4 nitrogen and oxygen atoms in total. The number of amidine groups is 1. The van der Waals surface area contributed by atoms with Gasteiger partial charge in [0, 0.05) is 31.9 Å². The molecule has 0 aromatic heterocycles. The smallest absolute Gasteiger partial charge is 0.286 e. The number of piperazine rings is 1. The van der Waals surface area contributed by atoms with Crippen molar-refractivity contribution < 1.29 is 4.79 Å². The summed E-state index contributed by atoms with van der Waals surface area (Å²) in [6, 6.07) is 17.0. The van der Waals surface area contributed by atoms with E-state index in [0.29, 0.717) is 4.91 Å². The van der Waals surface area contributed by atoms with Gasteiger partial charge in [-0.3, -0.25) is 4.79 Å². The summed E-state index contributed by atoms with van der Waals surface area (Å²) >= 11 is 1.50. The van der Waals surface area contributed by atoms with Crippen LogP contribution in [0.1, 0.15) is 37.5 Å². The Labute approximate surface area is 183 Å². The van der Waals surface area contributed by atoms with Crippen LogP contribution in [0.2, 0.25) is 0 Å². The first-order valence-corrected chi connectivity index (χ1v) is 11.3. The molecule has 1 amide bonds. The van der Waals surface area contributed by atoms with Crippen LogP contribution in [0.15, 0.2) is 58.4 Å². The average Bonchev–Trinajstić information content (AvgIpc) is 3.09. The zero-order valence-corrected chi connectivity index (χ0v) is 19.0. The lowest BCUT2D eigenvalue weighted by Crippen LogP contribution is -2.48. The van der Waals surface area contributed by atoms with Crippen molar-refractivity contribution in [2.75, 3.05) is 31.1 Å². The number of aryl methyl sites for hydroxylation is 1. The predicted octanol–water partition coefficient (Wildman–Crippen LogP) is 5.09. The molecule has 0 aliphatic carbocycles. The predicted molar refractivity (Wildman–Crippen MR) is 128 cm³/mol. The molecule has 0 unspecified atom stereocenters. The van der Waals surface area contributed by atoms with Crippen LogP contribution in [0.5, 0.6) is 0 Å². The summed E-state index contributed by atoms with van der Waals surface area (Å²) in [7, 11) is 0. The Kier molecular flexibility index (Phi) is 5.74. The fraction of sp³-hybridized carbons (Fsp3) is 0.360. The topological polar surface area (TPSA) is 35.9 Å². The monoisotopic (exact) mass is 419 g/mol. The van der Waals surface area contributed by atoms with Crippen LogP contribution >= 0.6 is 11.8 Å². The molecule has 2 aliphatic heterocycles. The number of nitrogens with zero attached hydrogens (tertiary/aromatic N) is 3. The Hall–Kier alpha value is -2.53. The molecule has 2 aromatic carbocycles. The van der Waals surface area contributed by atoms with Gasteiger partial charge in [0.1, 0.15) is 0 Å². The van der Waals surface area contributed by atoms with Crippen molar-refractivity contribution in [3.05, 3.63) is 70.1 Å². The van der Waals surface area contributed by atoms with Gasteiger partial charge >= 0.3 is 0 Å². The summed E-state index contributed by atoms with van der Waals surface area (Å²) in [4.78, 5) is 22.2. The number of anilines is 1. The maximum absolute atomic E-state index is 12.5. The van der Waals surface area contributed by atoms with Crippen LogP contribution in [0, 0.1) is 6.92 Å². The first kappa shape index (κ1) is 20.7. The van der Waals surface area contributed by atoms with E-state index >= 15 is 0 Å². The second kappa shape index (κ2) is 8.31. The highest BCUT2D eigenvalue weighted by Crippen LogP contribution is 2.32. The molecule has 0 bridgehead atoms. The molecule has 2 aliphatic rings. The minimum atomic E-state index is -0.128. The van der Waals surface area contributed by atoms with Gasteiger partial charge in [-0.25, -0.2) is 0 Å². The van der Waals surface area contributed by atoms with Gasteiger partial charge in [0.25, 0.3) is 5.91 Å². The number of carbonyl (C=O) groups excluding carboxylic acids is 1. The molecule has 30 heavy (non-hydrogen) atoms. The number of hydrogen-bond acceptors (Lipinski definition) is 4. The van der Waals surface area contributed by atoms with Crippen molar-refractivity contribution in [1.82, 2.24) is 4.90 Å². The van der Waals surface area contributed by atoms with Crippen LogP contribution in [0.3, 0.4) is 0 Å². The highest BCUT2D eigenvalue weighted by Gasteiger charge is 2.28. The molecule has 1 saturated heterocycles. The molecule has 0 radical (unpaired) electrons. The summed E-state index contributed by atoms with van der Waals surface area (Å²) in [5, 5.41) is 0.835. The quantitative estimate of drug-likeness (QED) is 0.636. The van der Waals surface area contributed by atoms with Crippen molar-refractivity contribution in [3.63, 3.8) is 0 Å². The number of benzene rings is 2. The minimum absolute atomic E-state index is 0.125. The highest BCUT2D eigenvalue weighted by atomic mass is 32.2. The summed E-state index contributed by atoms with van der Waals surface area (Å²) in [6.45, 7) is 12.4. The number of hydrogen-bond donors (Lipinski definition) is 0. The molecule has 0 N–H and O–H groups in total. The summed E-state index contributed by atoms with van der Waals surface area (Å²) < 4.78 is 0. The second-order valence-electron chi connectivity index (χ2n) is 8.94. The second-order valence-corrected chi connectivity index (χ2v) is 9.95. The normalized spacial score (nSPS) is 18.9. The zero-order valence-electron chi connectivity index (χ0n) is 18.2. The van der Waals surface area contributed by atoms with Crippen molar-refractivity contribution in [1.29, 1.82) is 0 Å². The van der Waals surface area contributed by atoms with Crippen molar-refractivity contribution in [3.8, 4) is 0 Å². The Morgan fingerprint density at radius 1 is 0.933 bits per heavy atom. The lowest BCUT2D eigenvalue weighted by atomic mass is 9.87. The molecule has 2 heterocycles. The molecule has 156 valence electrons. The standard InChI is InChI=1S/C25H29N3OS/c1-18-7-5-6-8-21(18)27-13-15-28(16-14-27)24-26-23(29)22(30-24)17-19-9-11-20(12-10-19)25(2,3)4/h5-12,17H,13-16H2,1-4H3/b22-17-. The van der Waals surface area contributed by atoms with E-state index in [9.17, 15) is 4.79 Å². The number of amides is 1. The van der Waals surface area contributed by atoms with Crippen molar-refractivity contribution in [2.45, 2.75) is 33.1 Å². The van der Waals surface area contributed by atoms with Gasteiger partial charge in [0.15, 0.2) is 5.17 Å². The molecule has 1 fully saturated rings. The first-order chi connectivity index (χ1) is 14.3. The Balaban J connectivity index is 1.40. The molecular formula is C25H29N3OS. The Morgan fingerprint density at radius 3 is 2.20 bits per heavy atom. The van der Waals surface area contributed by atoms with Gasteiger partial charge in [0.05, 0.1) is 4.91 Å². The third-order valence-electron chi connectivity index (χ3n) is 5.69. The van der Waals surface area contributed by atoms with E-state index in [1.807, 2.05) is 6.08 Å². The molecule has 4 rings (SSSR count). The van der Waals surface area contributed by atoms with Gasteiger partial charge in [-0.05, 0) is 52.9 Å². The van der Waals surface area contributed by atoms with Gasteiger partial charge in [-0.15, -0.1) is 0 Å². The third-order valence-corrected chi connectivity index (χ3v) is 6.73. The number of para-hydroxylation sites is 1. The number of rotatable bonds is 2. The minimum Gasteiger partial charge on any atom is -0.368 e. The number of carbonyl (C=O) groups is 1. The van der Waals surface area contributed by atoms with Gasteiger partial charge in [-0.1, -0.05) is 63.2 Å². The number of aliphatic imine (C=N–C) groups is 1. The fourth-order valence-electron chi connectivity index (χ4n) is 3.82. The van der Waals surface area contributed by atoms with E-state index < -0.39 is 0 Å². The fourth-order valence-corrected chi connectivity index (χ4v) is 4.79. The van der Waals surface area contributed by atoms with Crippen LogP contribution in [-0.2, 0) is 10.2 Å². The molecule has 0 atom stereocenters. The van der Waals surface area contributed by atoms with Crippen LogP contribution in [-0.4, -0.2) is 42.2 Å². The molecular weight excluding hydrogens is 390 g/mol. The van der Waals surface area contributed by atoms with Crippen molar-refractivity contribution in [2.24, 2.45) is 4.99 Å². The zero-order chi connectivity index (χ0) is 21.3. The highest BCUT2D eigenvalue weighted by molar-refractivity contribution is 8.18. The largest absolute Gasteiger partial charge is 0.368 e. The maximum Gasteiger partial charge on any atom is 0.286 e. The molecule has 5 heteroatoms. The molecule has 2 aromatic rings. The molecule has 0 saturated carbocycles. The third kappa shape index (κ3) is 4.46. The van der Waals surface area contributed by atoms with Gasteiger partial charge in [-0.2, -0.15) is 4.99 Å². The van der Waals surface area contributed by atoms with E-state index in [1.54, 1.807) is 0 Å². The van der Waals surface area contributed by atoms with E-state index in [1.165, 1.54) is 28.6 Å².